The number of hydroxylamine groups is 2. The van der Waals surface area contributed by atoms with Crippen LogP contribution in [0.4, 0.5) is 11.4 Å². The van der Waals surface area contributed by atoms with Gasteiger partial charge in [0.25, 0.3) is 5.91 Å². The molecule has 13 nitrogen and oxygen atoms in total. The van der Waals surface area contributed by atoms with E-state index in [1.807, 2.05) is 20.8 Å². The molecule has 13 heteroatoms. The van der Waals surface area contributed by atoms with Crippen LogP contribution in [0.3, 0.4) is 0 Å². The second kappa shape index (κ2) is 9.29. The van der Waals surface area contributed by atoms with Gasteiger partial charge in [0.1, 0.15) is 17.4 Å². The molecular weight excluding hydrogens is 534 g/mol. The van der Waals surface area contributed by atoms with Gasteiger partial charge in [-0.2, -0.15) is 0 Å². The van der Waals surface area contributed by atoms with Crippen LogP contribution in [0.1, 0.15) is 43.1 Å². The van der Waals surface area contributed by atoms with Crippen LogP contribution < -0.4 is 21.3 Å². The van der Waals surface area contributed by atoms with E-state index in [4.69, 9.17) is 10.6 Å². The standard InChI is InChI=1S/C28H35N5O8/c1-27(2,3)30-10-16(34)31-14-9-15(32(4)5)12-7-11-8-13-20-23(41-33(20)6)19(26(29)39)25(38)28(13,40)24(37)17(11)22(36)18(12)21(14)35/h9,11,13,20,30,35,37,40H,7-8,10H2,1-6H3,(H2,29,39)(H,31,34)/t11?,13?,20-,28-/m0/s1. The molecule has 41 heavy (non-hydrogen) atoms. The second-order valence-corrected chi connectivity index (χ2v) is 12.3. The third-order valence-electron chi connectivity index (χ3n) is 8.29. The smallest absolute Gasteiger partial charge is 0.256 e. The molecule has 1 saturated heterocycles. The molecule has 0 aromatic heterocycles. The summed E-state index contributed by atoms with van der Waals surface area (Å²) in [6.45, 7) is 5.64. The fraction of sp³-hybridized carbons (Fsp3) is 0.500. The number of aliphatic hydroxyl groups excluding tert-OH is 1. The molecule has 0 bridgehead atoms. The van der Waals surface area contributed by atoms with Crippen molar-refractivity contribution in [3.05, 3.63) is 39.9 Å². The number of ketones is 2. The number of fused-ring (bicyclic) bond motifs is 5. The van der Waals surface area contributed by atoms with Gasteiger partial charge in [0.05, 0.1) is 17.8 Å². The minimum atomic E-state index is -2.60. The number of anilines is 2. The molecular formula is C28H35N5O8. The first-order valence-electron chi connectivity index (χ1n) is 13.3. The second-order valence-electron chi connectivity index (χ2n) is 12.3. The van der Waals surface area contributed by atoms with Gasteiger partial charge in [0.15, 0.2) is 22.9 Å². The van der Waals surface area contributed by atoms with Crippen LogP contribution in [0.25, 0.3) is 0 Å². The van der Waals surface area contributed by atoms with E-state index in [2.05, 4.69) is 10.6 Å². The highest BCUT2D eigenvalue weighted by molar-refractivity contribution is 6.25. The number of aromatic hydroxyl groups is 1. The van der Waals surface area contributed by atoms with E-state index in [9.17, 15) is 34.5 Å². The summed E-state index contributed by atoms with van der Waals surface area (Å²) in [5.74, 6) is -6.36. The molecule has 1 heterocycles. The predicted octanol–water partition coefficient (Wildman–Crippen LogP) is 0.271. The fourth-order valence-electron chi connectivity index (χ4n) is 6.39. The van der Waals surface area contributed by atoms with Crippen molar-refractivity contribution in [1.29, 1.82) is 0 Å². The van der Waals surface area contributed by atoms with Crippen molar-refractivity contribution >= 4 is 34.8 Å². The van der Waals surface area contributed by atoms with Crippen LogP contribution in [0.5, 0.6) is 5.75 Å². The summed E-state index contributed by atoms with van der Waals surface area (Å²) in [6.07, 6.45) is 0.298. The Morgan fingerprint density at radius 3 is 2.46 bits per heavy atom. The van der Waals surface area contributed by atoms with Crippen molar-refractivity contribution in [3.8, 4) is 5.75 Å². The number of nitrogens with one attached hydrogen (secondary N) is 2. The molecule has 1 aromatic carbocycles. The number of carbonyl (C=O) groups is 4. The van der Waals surface area contributed by atoms with Crippen LogP contribution in [0.15, 0.2) is 28.7 Å². The van der Waals surface area contributed by atoms with Crippen molar-refractivity contribution in [3.63, 3.8) is 0 Å². The van der Waals surface area contributed by atoms with Crippen LogP contribution in [-0.4, -0.2) is 88.6 Å². The van der Waals surface area contributed by atoms with Gasteiger partial charge in [-0.25, -0.2) is 0 Å². The minimum Gasteiger partial charge on any atom is -0.508 e. The molecule has 3 aliphatic carbocycles. The van der Waals surface area contributed by atoms with Crippen molar-refractivity contribution in [2.24, 2.45) is 17.6 Å². The third-order valence-corrected chi connectivity index (χ3v) is 8.29. The summed E-state index contributed by atoms with van der Waals surface area (Å²) >= 11 is 0. The molecule has 5 rings (SSSR count). The van der Waals surface area contributed by atoms with Gasteiger partial charge in [0.2, 0.25) is 11.7 Å². The third kappa shape index (κ3) is 4.18. The number of primary amides is 1. The largest absolute Gasteiger partial charge is 0.508 e. The van der Waals surface area contributed by atoms with Crippen LogP contribution in [0, 0.1) is 11.8 Å². The molecule has 0 spiro atoms. The molecule has 1 fully saturated rings. The molecule has 1 aliphatic heterocycles. The number of carbonyl (C=O) groups excluding carboxylic acids is 4. The quantitative estimate of drug-likeness (QED) is 0.210. The van der Waals surface area contributed by atoms with Crippen molar-refractivity contribution < 1.29 is 39.3 Å². The Kier molecular flexibility index (Phi) is 6.48. The van der Waals surface area contributed by atoms with E-state index in [1.54, 1.807) is 32.1 Å². The number of likely N-dealkylation sites (N-methyl/N-ethyl adjacent to an activating group) is 1. The fourth-order valence-corrected chi connectivity index (χ4v) is 6.39. The lowest BCUT2D eigenvalue weighted by atomic mass is 9.58. The number of benzene rings is 1. The van der Waals surface area contributed by atoms with Gasteiger partial charge >= 0.3 is 0 Å². The summed E-state index contributed by atoms with van der Waals surface area (Å²) in [6, 6.07) is 0.864. The average Bonchev–Trinajstić information content (AvgIpc) is 2.85. The Morgan fingerprint density at radius 1 is 1.24 bits per heavy atom. The maximum Gasteiger partial charge on any atom is 0.256 e. The van der Waals surface area contributed by atoms with Crippen LogP contribution in [0.2, 0.25) is 0 Å². The average molecular weight is 570 g/mol. The van der Waals surface area contributed by atoms with Crippen molar-refractivity contribution in [2.45, 2.75) is 50.8 Å². The Balaban J connectivity index is 1.61. The predicted molar refractivity (Wildman–Crippen MR) is 147 cm³/mol. The number of hydrogen-bond donors (Lipinski definition) is 6. The number of aliphatic hydroxyl groups is 2. The topological polar surface area (TPSA) is 195 Å². The normalized spacial score (nSPS) is 27.2. The zero-order valence-corrected chi connectivity index (χ0v) is 23.8. The summed E-state index contributed by atoms with van der Waals surface area (Å²) in [4.78, 5) is 59.5. The first kappa shape index (κ1) is 28.6. The zero-order chi connectivity index (χ0) is 30.3. The monoisotopic (exact) mass is 569 g/mol. The number of Topliss-reactive ketones (excluding diaryl/α,β-unsaturated/α-hetero) is 2. The lowest BCUT2D eigenvalue weighted by Gasteiger charge is -2.55. The number of nitrogens with two attached hydrogens (primary N) is 1. The summed E-state index contributed by atoms with van der Waals surface area (Å²) in [5.41, 5.74) is 2.65. The van der Waals surface area contributed by atoms with Gasteiger partial charge in [-0.05, 0) is 51.2 Å². The Labute approximate surface area is 236 Å². The number of phenolic OH excluding ortho intramolecular Hbond substituents is 1. The molecule has 4 aliphatic rings. The number of amides is 2. The summed E-state index contributed by atoms with van der Waals surface area (Å²) in [5, 5.41) is 41.5. The number of nitrogens with zero attached hydrogens (tertiary/aromatic N) is 2. The first-order valence-corrected chi connectivity index (χ1v) is 13.3. The number of rotatable bonds is 5. The van der Waals surface area contributed by atoms with Crippen LogP contribution >= 0.6 is 0 Å². The Morgan fingerprint density at radius 2 is 1.90 bits per heavy atom. The van der Waals surface area contributed by atoms with Gasteiger partial charge < -0.3 is 41.4 Å². The maximum absolute atomic E-state index is 14.0. The molecule has 0 radical (unpaired) electrons. The van der Waals surface area contributed by atoms with E-state index in [0.717, 1.165) is 0 Å². The molecule has 220 valence electrons. The lowest BCUT2D eigenvalue weighted by Crippen LogP contribution is -2.68. The van der Waals surface area contributed by atoms with E-state index in [0.29, 0.717) is 11.3 Å². The van der Waals surface area contributed by atoms with Gasteiger partial charge in [-0.1, -0.05) is 0 Å². The summed E-state index contributed by atoms with van der Waals surface area (Å²) < 4.78 is 0. The minimum absolute atomic E-state index is 0.00183. The number of allylic oxidation sites excluding steroid dienone is 1. The highest BCUT2D eigenvalue weighted by Crippen LogP contribution is 2.56. The highest BCUT2D eigenvalue weighted by atomic mass is 16.7. The molecule has 2 unspecified atom stereocenters. The van der Waals surface area contributed by atoms with Crippen molar-refractivity contribution in [1.82, 2.24) is 10.4 Å². The Bertz CT molecular complexity index is 1470. The molecule has 1 aromatic rings. The molecule has 4 atom stereocenters. The van der Waals surface area contributed by atoms with Gasteiger partial charge in [-0.15, -0.1) is 5.06 Å². The summed E-state index contributed by atoms with van der Waals surface area (Å²) in [7, 11) is 5.08. The molecule has 0 saturated carbocycles. The van der Waals surface area contributed by atoms with E-state index < -0.39 is 63.9 Å². The first-order chi connectivity index (χ1) is 19.0. The van der Waals surface area contributed by atoms with E-state index in [-0.39, 0.29) is 47.5 Å². The van der Waals surface area contributed by atoms with E-state index >= 15 is 0 Å². The maximum atomic E-state index is 14.0. The molecule has 2 amide bonds. The number of hydrogen-bond acceptors (Lipinski definition) is 11. The number of phenols is 1. The molecule has 7 N–H and O–H groups in total. The van der Waals surface area contributed by atoms with Gasteiger partial charge in [-0.3, -0.25) is 19.2 Å². The lowest BCUT2D eigenvalue weighted by molar-refractivity contribution is -0.257. The zero-order valence-electron chi connectivity index (χ0n) is 23.8. The van der Waals surface area contributed by atoms with Crippen molar-refractivity contribution in [2.75, 3.05) is 37.9 Å². The van der Waals surface area contributed by atoms with Gasteiger partial charge in [0, 0.05) is 43.9 Å². The van der Waals surface area contributed by atoms with Crippen LogP contribution in [-0.2, 0) is 25.6 Å². The SMILES string of the molecule is CN(C)c1cc(NC(=O)CNC(C)(C)C)c(O)c2c1CC1CC3[C@H]4C(=C(C(N)=O)C(=O)[C@@]3(O)C(O)=C1C2=O)ON4C. The van der Waals surface area contributed by atoms with E-state index in [1.165, 1.54) is 5.06 Å². The Hall–Kier alpha value is -3.94. The highest BCUT2D eigenvalue weighted by Gasteiger charge is 2.66.